The van der Waals surface area contributed by atoms with Crippen molar-refractivity contribution in [1.82, 2.24) is 4.98 Å². The minimum atomic E-state index is -0.944. The summed E-state index contributed by atoms with van der Waals surface area (Å²) in [5.41, 5.74) is -1.77. The van der Waals surface area contributed by atoms with Crippen molar-refractivity contribution in [2.45, 2.75) is 26.4 Å². The molecule has 0 amide bonds. The number of nitro benzene ring substituents is 1. The third kappa shape index (κ3) is 5.65. The summed E-state index contributed by atoms with van der Waals surface area (Å²) in [4.78, 5) is 52.0. The van der Waals surface area contributed by atoms with Gasteiger partial charge in [-0.05, 0) is 24.1 Å². The molecule has 0 bridgehead atoms. The molecule has 0 saturated heterocycles. The largest absolute Gasteiger partial charge is 0.461 e. The highest BCUT2D eigenvalue weighted by Gasteiger charge is 2.05. The van der Waals surface area contributed by atoms with Crippen molar-refractivity contribution in [3.05, 3.63) is 70.9 Å². The minimum Gasteiger partial charge on any atom is -0.461 e. The number of nitrogens with one attached hydrogen (secondary N) is 1. The molecule has 1 aromatic heterocycles. The van der Waals surface area contributed by atoms with Gasteiger partial charge in [-0.1, -0.05) is 6.92 Å². The maximum Gasteiger partial charge on any atom is 0.308 e. The average molecular weight is 322 g/mol. The van der Waals surface area contributed by atoms with Gasteiger partial charge in [0.2, 0.25) is 0 Å². The smallest absolute Gasteiger partial charge is 0.308 e. The summed E-state index contributed by atoms with van der Waals surface area (Å²) in [7, 11) is 0. The number of H-pyrrole nitrogens is 1. The van der Waals surface area contributed by atoms with Crippen LogP contribution in [0.1, 0.15) is 25.3 Å². The number of esters is 1. The second-order valence-electron chi connectivity index (χ2n) is 4.45. The zero-order chi connectivity index (χ0) is 17.4. The normalized spacial score (nSPS) is 9.78. The van der Waals surface area contributed by atoms with Crippen molar-refractivity contribution < 1.29 is 14.5 Å². The van der Waals surface area contributed by atoms with Gasteiger partial charge in [-0.15, -0.1) is 0 Å². The Morgan fingerprint density at radius 3 is 2.09 bits per heavy atom. The van der Waals surface area contributed by atoms with E-state index in [1.807, 2.05) is 6.92 Å². The zero-order valence-corrected chi connectivity index (χ0v) is 12.2. The Morgan fingerprint density at radius 2 is 1.74 bits per heavy atom. The van der Waals surface area contributed by atoms with Gasteiger partial charge in [-0.2, -0.15) is 0 Å². The Kier molecular flexibility index (Phi) is 6.53. The van der Waals surface area contributed by atoms with Crippen LogP contribution in [-0.4, -0.2) is 15.9 Å². The SMILES string of the molecule is CCCC(=O)OCc1ccc([N+](=O)[O-])cc1.O=c1[nH]c(=O)c1=O. The highest BCUT2D eigenvalue weighted by Crippen LogP contribution is 2.12. The van der Waals surface area contributed by atoms with Crippen molar-refractivity contribution in [2.75, 3.05) is 0 Å². The van der Waals surface area contributed by atoms with E-state index in [0.717, 1.165) is 12.0 Å². The van der Waals surface area contributed by atoms with Crippen molar-refractivity contribution in [3.63, 3.8) is 0 Å². The van der Waals surface area contributed by atoms with Gasteiger partial charge in [-0.3, -0.25) is 34.3 Å². The first-order valence-electron chi connectivity index (χ1n) is 6.63. The number of nitro groups is 1. The van der Waals surface area contributed by atoms with Gasteiger partial charge in [0.1, 0.15) is 6.61 Å². The Morgan fingerprint density at radius 1 is 1.17 bits per heavy atom. The first-order chi connectivity index (χ1) is 10.8. The number of ether oxygens (including phenoxy) is 1. The molecule has 2 rings (SSSR count). The molecule has 0 saturated carbocycles. The average Bonchev–Trinajstić information content (AvgIpc) is 2.54. The lowest BCUT2D eigenvalue weighted by Gasteiger charge is -2.03. The zero-order valence-electron chi connectivity index (χ0n) is 12.2. The molecule has 122 valence electrons. The molecule has 1 N–H and O–H groups in total. The summed E-state index contributed by atoms with van der Waals surface area (Å²) in [6.07, 6.45) is 1.14. The molecule has 0 aliphatic carbocycles. The fraction of sp³-hybridized carbons (Fsp3) is 0.286. The molecule has 0 aliphatic rings. The third-order valence-corrected chi connectivity index (χ3v) is 2.64. The van der Waals surface area contributed by atoms with E-state index < -0.39 is 21.5 Å². The minimum absolute atomic E-state index is 0.0311. The first-order valence-corrected chi connectivity index (χ1v) is 6.63. The predicted molar refractivity (Wildman–Crippen MR) is 79.8 cm³/mol. The van der Waals surface area contributed by atoms with E-state index in [1.54, 1.807) is 17.1 Å². The first kappa shape index (κ1) is 18.0. The van der Waals surface area contributed by atoms with Crippen LogP contribution in [0.5, 0.6) is 0 Å². The lowest BCUT2D eigenvalue weighted by molar-refractivity contribution is -0.384. The van der Waals surface area contributed by atoms with Gasteiger partial charge in [0.05, 0.1) is 4.92 Å². The van der Waals surface area contributed by atoms with E-state index in [4.69, 9.17) is 4.74 Å². The molecule has 1 aromatic carbocycles. The highest BCUT2D eigenvalue weighted by molar-refractivity contribution is 5.69. The van der Waals surface area contributed by atoms with E-state index in [9.17, 15) is 29.3 Å². The summed E-state index contributed by atoms with van der Waals surface area (Å²) in [6, 6.07) is 5.95. The molecule has 9 nitrogen and oxygen atoms in total. The molecule has 0 spiro atoms. The van der Waals surface area contributed by atoms with E-state index in [0.29, 0.717) is 6.42 Å². The number of non-ortho nitro benzene ring substituents is 1. The van der Waals surface area contributed by atoms with Gasteiger partial charge >= 0.3 is 22.5 Å². The summed E-state index contributed by atoms with van der Waals surface area (Å²) >= 11 is 0. The molecule has 23 heavy (non-hydrogen) atoms. The number of benzene rings is 1. The monoisotopic (exact) mass is 322 g/mol. The van der Waals surface area contributed by atoms with Gasteiger partial charge in [0, 0.05) is 18.6 Å². The lowest BCUT2D eigenvalue weighted by atomic mass is 10.2. The second kappa shape index (κ2) is 8.37. The summed E-state index contributed by atoms with van der Waals surface area (Å²) < 4.78 is 4.96. The Labute approximate surface area is 129 Å². The van der Waals surface area contributed by atoms with Crippen molar-refractivity contribution in [3.8, 4) is 0 Å². The van der Waals surface area contributed by atoms with Crippen LogP contribution in [0.2, 0.25) is 0 Å². The van der Waals surface area contributed by atoms with Gasteiger partial charge < -0.3 is 4.74 Å². The van der Waals surface area contributed by atoms with Crippen molar-refractivity contribution in [2.24, 2.45) is 0 Å². The maximum absolute atomic E-state index is 11.1. The predicted octanol–water partition coefficient (Wildman–Crippen LogP) is 0.409. The number of aromatic amines is 1. The Hall–Kier alpha value is -3.10. The van der Waals surface area contributed by atoms with E-state index >= 15 is 0 Å². The van der Waals surface area contributed by atoms with Crippen LogP contribution in [0, 0.1) is 10.1 Å². The molecule has 0 atom stereocenters. The molecule has 2 aromatic rings. The van der Waals surface area contributed by atoms with Gasteiger partial charge in [-0.25, -0.2) is 0 Å². The summed E-state index contributed by atoms with van der Waals surface area (Å²) in [5.74, 6) is -0.249. The number of carbonyl (C=O) groups is 1. The van der Waals surface area contributed by atoms with E-state index in [-0.39, 0.29) is 18.3 Å². The van der Waals surface area contributed by atoms with Crippen molar-refractivity contribution >= 4 is 11.7 Å². The number of nitrogens with zero attached hydrogens (tertiary/aromatic N) is 1. The standard InChI is InChI=1S/C11H13NO4.C3HNO3/c1-2-3-11(13)16-8-9-4-6-10(7-5-9)12(14)15;5-1-2(6)4-3(1)7/h4-7H,2-3,8H2,1H3;(H,4,6,7). The second-order valence-corrected chi connectivity index (χ2v) is 4.45. The quantitative estimate of drug-likeness (QED) is 0.364. The molecule has 0 fully saturated rings. The Balaban J connectivity index is 0.000000313. The maximum atomic E-state index is 11.1. The number of aromatic nitrogens is 1. The number of carbonyl (C=O) groups excluding carboxylic acids is 1. The molecular formula is C14H14N2O7. The van der Waals surface area contributed by atoms with Crippen LogP contribution in [0.25, 0.3) is 0 Å². The van der Waals surface area contributed by atoms with Crippen LogP contribution < -0.4 is 16.5 Å². The molecule has 0 radical (unpaired) electrons. The van der Waals surface area contributed by atoms with Crippen LogP contribution in [0.4, 0.5) is 5.69 Å². The molecule has 0 unspecified atom stereocenters. The highest BCUT2D eigenvalue weighted by atomic mass is 16.6. The topological polar surface area (TPSA) is 136 Å². The summed E-state index contributed by atoms with van der Waals surface area (Å²) in [6.45, 7) is 2.06. The molecule has 9 heteroatoms. The van der Waals surface area contributed by atoms with Crippen LogP contribution in [0.15, 0.2) is 38.6 Å². The number of hydrogen-bond donors (Lipinski definition) is 1. The van der Waals surface area contributed by atoms with Crippen LogP contribution in [-0.2, 0) is 16.1 Å². The lowest BCUT2D eigenvalue weighted by Crippen LogP contribution is -2.50. The fourth-order valence-electron chi connectivity index (χ4n) is 1.41. The van der Waals surface area contributed by atoms with Crippen molar-refractivity contribution in [1.29, 1.82) is 0 Å². The molecule has 0 aliphatic heterocycles. The Bertz CT molecular complexity index is 772. The fourth-order valence-corrected chi connectivity index (χ4v) is 1.41. The third-order valence-electron chi connectivity index (χ3n) is 2.64. The molecular weight excluding hydrogens is 308 g/mol. The van der Waals surface area contributed by atoms with Gasteiger partial charge in [0.25, 0.3) is 5.69 Å². The number of rotatable bonds is 5. The van der Waals surface area contributed by atoms with Crippen LogP contribution >= 0.6 is 0 Å². The van der Waals surface area contributed by atoms with Crippen LogP contribution in [0.3, 0.4) is 0 Å². The van der Waals surface area contributed by atoms with E-state index in [2.05, 4.69) is 0 Å². The number of hydrogen-bond acceptors (Lipinski definition) is 7. The van der Waals surface area contributed by atoms with E-state index in [1.165, 1.54) is 12.1 Å². The summed E-state index contributed by atoms with van der Waals surface area (Å²) in [5, 5.41) is 10.4. The molecule has 1 heterocycles. The van der Waals surface area contributed by atoms with Gasteiger partial charge in [0.15, 0.2) is 0 Å².